The lowest BCUT2D eigenvalue weighted by molar-refractivity contribution is 0.401. The Bertz CT molecular complexity index is 1640. The molecule has 0 aliphatic heterocycles. The van der Waals surface area contributed by atoms with E-state index in [4.69, 9.17) is 4.98 Å². The lowest BCUT2D eigenvalue weighted by Crippen LogP contribution is -2.10. The number of nitrogens with zero attached hydrogens (tertiary/aromatic N) is 6. The molecule has 0 unspecified atom stereocenters. The first kappa shape index (κ1) is 23.3. The molecule has 0 fully saturated rings. The summed E-state index contributed by atoms with van der Waals surface area (Å²) in [5.41, 5.74) is 7.06. The van der Waals surface area contributed by atoms with E-state index in [0.29, 0.717) is 29.2 Å². The summed E-state index contributed by atoms with van der Waals surface area (Å²) in [6.45, 7) is 6.07. The van der Waals surface area contributed by atoms with Gasteiger partial charge in [-0.3, -0.25) is 15.1 Å². The number of allylic oxidation sites excluding steroid dienone is 3. The smallest absolute Gasteiger partial charge is 0.181 e. The fourth-order valence-electron chi connectivity index (χ4n) is 4.17. The van der Waals surface area contributed by atoms with E-state index in [1.807, 2.05) is 50.2 Å². The third kappa shape index (κ3) is 4.56. The first-order valence-electron chi connectivity index (χ1n) is 11.4. The molecule has 8 nitrogen and oxygen atoms in total. The highest BCUT2D eigenvalue weighted by Gasteiger charge is 2.17. The number of hydrogen-bond donors (Lipinski definition) is 2. The minimum Gasteiger partial charge on any atom is -0.335 e. The summed E-state index contributed by atoms with van der Waals surface area (Å²) in [7, 11) is 3.91. The number of fused-ring (bicyclic) bond motifs is 2. The molecule has 1 aromatic carbocycles. The van der Waals surface area contributed by atoms with Crippen molar-refractivity contribution in [2.75, 3.05) is 14.1 Å². The Labute approximate surface area is 207 Å². The SMILES string of the molecule is C=N/C=C\C=C(/C)c1cnc2n[nH]c(-c3nc4c(-c5cc(F)cc(CN(C)C)c5)cncc4[nH]3)c2c1. The Morgan fingerprint density at radius 1 is 1.17 bits per heavy atom. The van der Waals surface area contributed by atoms with Crippen LogP contribution < -0.4 is 0 Å². The van der Waals surface area contributed by atoms with Crippen molar-refractivity contribution in [1.82, 2.24) is 35.0 Å². The fourth-order valence-corrected chi connectivity index (χ4v) is 4.17. The summed E-state index contributed by atoms with van der Waals surface area (Å²) in [6.07, 6.45) is 10.6. The number of imidazole rings is 1. The van der Waals surface area contributed by atoms with Crippen molar-refractivity contribution in [2.24, 2.45) is 4.99 Å². The number of halogens is 1. The van der Waals surface area contributed by atoms with Gasteiger partial charge < -0.3 is 9.88 Å². The highest BCUT2D eigenvalue weighted by Crippen LogP contribution is 2.32. The van der Waals surface area contributed by atoms with Crippen LogP contribution in [0.1, 0.15) is 18.1 Å². The molecule has 9 heteroatoms. The summed E-state index contributed by atoms with van der Waals surface area (Å²) in [5.74, 6) is 0.306. The van der Waals surface area contributed by atoms with E-state index in [-0.39, 0.29) is 5.82 Å². The molecule has 0 radical (unpaired) electrons. The Kier molecular flexibility index (Phi) is 6.22. The molecule has 5 aromatic rings. The molecule has 0 aliphatic carbocycles. The molecule has 4 heterocycles. The van der Waals surface area contributed by atoms with Crippen LogP contribution in [0.25, 0.3) is 50.3 Å². The van der Waals surface area contributed by atoms with Crippen LogP contribution in [-0.4, -0.2) is 55.8 Å². The standard InChI is InChI=1S/C27H25FN8/c1-16(6-5-7-29-2)19-11-21-25(34-35-26(21)31-12-19)27-32-23-14-30-13-22(24(23)33-27)18-8-17(15-36(3)4)9-20(28)10-18/h5-14H,2,15H2,1,3-4H3,(H,32,33)(H,31,34,35)/b7-5-,16-6+. The van der Waals surface area contributed by atoms with Gasteiger partial charge in [-0.2, -0.15) is 5.10 Å². The maximum Gasteiger partial charge on any atom is 0.181 e. The molecule has 180 valence electrons. The number of rotatable bonds is 7. The van der Waals surface area contributed by atoms with Crippen molar-refractivity contribution in [3.8, 4) is 22.6 Å². The van der Waals surface area contributed by atoms with Crippen molar-refractivity contribution >= 4 is 34.4 Å². The largest absolute Gasteiger partial charge is 0.335 e. The third-order valence-electron chi connectivity index (χ3n) is 5.80. The van der Waals surface area contributed by atoms with Gasteiger partial charge in [0.05, 0.1) is 22.6 Å². The Morgan fingerprint density at radius 3 is 2.83 bits per heavy atom. The summed E-state index contributed by atoms with van der Waals surface area (Å²) >= 11 is 0. The number of benzene rings is 1. The molecule has 4 aromatic heterocycles. The normalized spacial score (nSPS) is 12.4. The van der Waals surface area contributed by atoms with Crippen LogP contribution in [-0.2, 0) is 6.54 Å². The fraction of sp³-hybridized carbons (Fsp3) is 0.148. The van der Waals surface area contributed by atoms with Crippen LogP contribution in [0.15, 0.2) is 66.2 Å². The third-order valence-corrected chi connectivity index (χ3v) is 5.80. The van der Waals surface area contributed by atoms with Crippen molar-refractivity contribution < 1.29 is 4.39 Å². The van der Waals surface area contributed by atoms with E-state index >= 15 is 0 Å². The lowest BCUT2D eigenvalue weighted by Gasteiger charge is -2.11. The quantitative estimate of drug-likeness (QED) is 0.241. The average Bonchev–Trinajstić information content (AvgIpc) is 3.46. The summed E-state index contributed by atoms with van der Waals surface area (Å²) in [5, 5.41) is 8.24. The summed E-state index contributed by atoms with van der Waals surface area (Å²) in [4.78, 5) is 22.8. The molecule has 0 aliphatic rings. The zero-order chi connectivity index (χ0) is 25.2. The van der Waals surface area contributed by atoms with Crippen LogP contribution in [0.3, 0.4) is 0 Å². The van der Waals surface area contributed by atoms with Crippen LogP contribution in [0, 0.1) is 5.82 Å². The molecular weight excluding hydrogens is 455 g/mol. The van der Waals surface area contributed by atoms with Crippen LogP contribution >= 0.6 is 0 Å². The van der Waals surface area contributed by atoms with Crippen molar-refractivity contribution in [1.29, 1.82) is 0 Å². The predicted molar refractivity (Wildman–Crippen MR) is 142 cm³/mol. The van der Waals surface area contributed by atoms with E-state index in [1.54, 1.807) is 30.9 Å². The van der Waals surface area contributed by atoms with Gasteiger partial charge >= 0.3 is 0 Å². The van der Waals surface area contributed by atoms with Crippen molar-refractivity contribution in [3.05, 3.63) is 78.2 Å². The minimum atomic E-state index is -0.294. The van der Waals surface area contributed by atoms with Crippen LogP contribution in [0.5, 0.6) is 0 Å². The van der Waals surface area contributed by atoms with Gasteiger partial charge in [0, 0.05) is 30.7 Å². The Balaban J connectivity index is 1.60. The first-order chi connectivity index (χ1) is 17.4. The van der Waals surface area contributed by atoms with Gasteiger partial charge in [-0.15, -0.1) is 0 Å². The second kappa shape index (κ2) is 9.63. The highest BCUT2D eigenvalue weighted by atomic mass is 19.1. The number of hydrogen-bond acceptors (Lipinski definition) is 6. The zero-order valence-corrected chi connectivity index (χ0v) is 20.2. The number of aromatic nitrogens is 6. The highest BCUT2D eigenvalue weighted by molar-refractivity contribution is 5.96. The number of H-pyrrole nitrogens is 2. The van der Waals surface area contributed by atoms with Crippen LogP contribution in [0.2, 0.25) is 0 Å². The van der Waals surface area contributed by atoms with Crippen molar-refractivity contribution in [3.63, 3.8) is 0 Å². The zero-order valence-electron chi connectivity index (χ0n) is 20.2. The van der Waals surface area contributed by atoms with Gasteiger partial charge in [-0.25, -0.2) is 14.4 Å². The summed E-state index contributed by atoms with van der Waals surface area (Å²) < 4.78 is 14.5. The molecule has 0 amide bonds. The molecule has 5 rings (SSSR count). The van der Waals surface area contributed by atoms with E-state index in [0.717, 1.165) is 38.7 Å². The first-order valence-corrected chi connectivity index (χ1v) is 11.4. The van der Waals surface area contributed by atoms with Gasteiger partial charge in [0.25, 0.3) is 0 Å². The van der Waals surface area contributed by atoms with E-state index in [2.05, 4.69) is 36.9 Å². The summed E-state index contributed by atoms with van der Waals surface area (Å²) in [6, 6.07) is 7.06. The average molecular weight is 481 g/mol. The Morgan fingerprint density at radius 2 is 2.03 bits per heavy atom. The van der Waals surface area contributed by atoms with Gasteiger partial charge in [0.1, 0.15) is 11.5 Å². The van der Waals surface area contributed by atoms with Gasteiger partial charge in [-0.05, 0) is 80.3 Å². The molecule has 0 saturated carbocycles. The molecule has 2 N–H and O–H groups in total. The van der Waals surface area contributed by atoms with Crippen molar-refractivity contribution in [2.45, 2.75) is 13.5 Å². The monoisotopic (exact) mass is 480 g/mol. The number of nitrogens with one attached hydrogen (secondary N) is 2. The van der Waals surface area contributed by atoms with Gasteiger partial charge in [0.15, 0.2) is 11.5 Å². The minimum absolute atomic E-state index is 0.294. The number of pyridine rings is 2. The van der Waals surface area contributed by atoms with Gasteiger partial charge in [-0.1, -0.05) is 6.08 Å². The maximum atomic E-state index is 14.5. The maximum absolute atomic E-state index is 14.5. The number of aliphatic imine (C=N–C) groups is 1. The second-order valence-electron chi connectivity index (χ2n) is 8.82. The molecule has 36 heavy (non-hydrogen) atoms. The molecule has 0 atom stereocenters. The van der Waals surface area contributed by atoms with Gasteiger partial charge in [0.2, 0.25) is 0 Å². The van der Waals surface area contributed by atoms with E-state index in [9.17, 15) is 4.39 Å². The van der Waals surface area contributed by atoms with E-state index in [1.165, 1.54) is 6.07 Å². The molecule has 0 spiro atoms. The Hall–Kier alpha value is -4.50. The number of aromatic amines is 2. The topological polar surface area (TPSA) is 98.7 Å². The molecule has 0 saturated heterocycles. The predicted octanol–water partition coefficient (Wildman–Crippen LogP) is 5.38. The van der Waals surface area contributed by atoms with Crippen LogP contribution in [0.4, 0.5) is 4.39 Å². The second-order valence-corrected chi connectivity index (χ2v) is 8.82. The van der Waals surface area contributed by atoms with E-state index < -0.39 is 0 Å². The molecule has 0 bridgehead atoms. The molecular formula is C27H25FN8. The lowest BCUT2D eigenvalue weighted by atomic mass is 10.0.